The maximum absolute atomic E-state index is 9.70. The molecule has 3 N–H and O–H groups in total. The number of aromatic hydroxyl groups is 1. The molecule has 0 aromatic heterocycles. The molecule has 1 aliphatic carbocycles. The zero-order valence-electron chi connectivity index (χ0n) is 8.89. The Kier molecular flexibility index (Phi) is 2.77. The fraction of sp³-hybridized carbons (Fsp3) is 0.500. The summed E-state index contributed by atoms with van der Waals surface area (Å²) in [4.78, 5) is 0. The van der Waals surface area contributed by atoms with Crippen LogP contribution in [0, 0.1) is 6.92 Å². The average molecular weight is 270 g/mol. The molecule has 0 amide bonds. The first kappa shape index (κ1) is 11.0. The van der Waals surface area contributed by atoms with Crippen LogP contribution in [0.4, 0.5) is 0 Å². The lowest BCUT2D eigenvalue weighted by molar-refractivity contribution is 0.443. The molecule has 0 spiro atoms. The molecule has 1 saturated carbocycles. The lowest BCUT2D eigenvalue weighted by Crippen LogP contribution is -2.33. The molecule has 15 heavy (non-hydrogen) atoms. The van der Waals surface area contributed by atoms with Crippen molar-refractivity contribution in [1.29, 1.82) is 0 Å². The molecule has 2 rings (SSSR count). The molecule has 0 bridgehead atoms. The van der Waals surface area contributed by atoms with Crippen LogP contribution in [0.2, 0.25) is 0 Å². The molecule has 2 nitrogen and oxygen atoms in total. The molecule has 1 fully saturated rings. The molecule has 82 valence electrons. The summed E-state index contributed by atoms with van der Waals surface area (Å²) in [5, 5.41) is 9.70. The standard InChI is InChI=1S/C12H16BrNO/c1-8-6-10(13)11(15)7-9(8)12(14)4-2-3-5-12/h6-7,15H,2-5,14H2,1H3. The molecule has 0 radical (unpaired) electrons. The van der Waals surface area contributed by atoms with Gasteiger partial charge >= 0.3 is 0 Å². The highest BCUT2D eigenvalue weighted by Crippen LogP contribution is 2.40. The average Bonchev–Trinajstić information content (AvgIpc) is 2.60. The largest absolute Gasteiger partial charge is 0.507 e. The van der Waals surface area contributed by atoms with Crippen LogP contribution in [0.1, 0.15) is 36.8 Å². The van der Waals surface area contributed by atoms with Crippen LogP contribution in [0.3, 0.4) is 0 Å². The van der Waals surface area contributed by atoms with Crippen LogP contribution in [-0.4, -0.2) is 5.11 Å². The number of benzene rings is 1. The van der Waals surface area contributed by atoms with Crippen molar-refractivity contribution in [2.75, 3.05) is 0 Å². The molecule has 0 aliphatic heterocycles. The highest BCUT2D eigenvalue weighted by Gasteiger charge is 2.32. The topological polar surface area (TPSA) is 46.2 Å². The third-order valence-corrected chi connectivity index (χ3v) is 3.96. The zero-order valence-corrected chi connectivity index (χ0v) is 10.5. The molecular formula is C12H16BrNO. The normalized spacial score (nSPS) is 19.4. The molecule has 0 saturated heterocycles. The highest BCUT2D eigenvalue weighted by molar-refractivity contribution is 9.10. The van der Waals surface area contributed by atoms with E-state index in [9.17, 15) is 5.11 Å². The second kappa shape index (κ2) is 3.80. The Balaban J connectivity index is 2.48. The maximum atomic E-state index is 9.70. The molecule has 0 atom stereocenters. The van der Waals surface area contributed by atoms with Gasteiger partial charge in [0.25, 0.3) is 0 Å². The monoisotopic (exact) mass is 269 g/mol. The van der Waals surface area contributed by atoms with Crippen molar-refractivity contribution in [2.45, 2.75) is 38.1 Å². The molecule has 1 aromatic carbocycles. The van der Waals surface area contributed by atoms with E-state index in [-0.39, 0.29) is 11.3 Å². The fourth-order valence-corrected chi connectivity index (χ4v) is 2.93. The van der Waals surface area contributed by atoms with Gasteiger partial charge in [0, 0.05) is 5.54 Å². The summed E-state index contributed by atoms with van der Waals surface area (Å²) in [7, 11) is 0. The molecule has 3 heteroatoms. The van der Waals surface area contributed by atoms with Crippen molar-refractivity contribution in [3.63, 3.8) is 0 Å². The smallest absolute Gasteiger partial charge is 0.130 e. The summed E-state index contributed by atoms with van der Waals surface area (Å²) in [6.07, 6.45) is 4.42. The van der Waals surface area contributed by atoms with Crippen LogP contribution in [0.25, 0.3) is 0 Å². The number of hydrogen-bond acceptors (Lipinski definition) is 2. The Hall–Kier alpha value is -0.540. The van der Waals surface area contributed by atoms with Crippen molar-refractivity contribution in [1.82, 2.24) is 0 Å². The third-order valence-electron chi connectivity index (χ3n) is 3.33. The van der Waals surface area contributed by atoms with Gasteiger partial charge in [-0.05, 0) is 59.0 Å². The van der Waals surface area contributed by atoms with Gasteiger partial charge in [-0.25, -0.2) is 0 Å². The predicted molar refractivity (Wildman–Crippen MR) is 64.9 cm³/mol. The zero-order chi connectivity index (χ0) is 11.1. The predicted octanol–water partition coefficient (Wildman–Crippen LogP) is 3.19. The van der Waals surface area contributed by atoms with Crippen molar-refractivity contribution in [3.05, 3.63) is 27.7 Å². The molecule has 0 heterocycles. The van der Waals surface area contributed by atoms with Gasteiger partial charge < -0.3 is 10.8 Å². The maximum Gasteiger partial charge on any atom is 0.130 e. The van der Waals surface area contributed by atoms with E-state index in [1.54, 1.807) is 0 Å². The summed E-state index contributed by atoms with van der Waals surface area (Å²) >= 11 is 3.32. The Morgan fingerprint density at radius 3 is 2.53 bits per heavy atom. The van der Waals surface area contributed by atoms with Gasteiger partial charge in [0.05, 0.1) is 4.47 Å². The third kappa shape index (κ3) is 1.91. The Labute approximate surface area is 98.6 Å². The van der Waals surface area contributed by atoms with Crippen molar-refractivity contribution in [3.8, 4) is 5.75 Å². The van der Waals surface area contributed by atoms with E-state index in [1.165, 1.54) is 12.8 Å². The van der Waals surface area contributed by atoms with Gasteiger partial charge in [-0.15, -0.1) is 0 Å². The van der Waals surface area contributed by atoms with Crippen LogP contribution < -0.4 is 5.73 Å². The number of aryl methyl sites for hydroxylation is 1. The van der Waals surface area contributed by atoms with E-state index in [1.807, 2.05) is 19.1 Å². The molecule has 0 unspecified atom stereocenters. The summed E-state index contributed by atoms with van der Waals surface area (Å²) in [6, 6.07) is 3.75. The van der Waals surface area contributed by atoms with Crippen molar-refractivity contribution in [2.24, 2.45) is 5.73 Å². The number of phenolic OH excluding ortho intramolecular Hbond substituents is 1. The molecular weight excluding hydrogens is 254 g/mol. The minimum absolute atomic E-state index is 0.220. The quantitative estimate of drug-likeness (QED) is 0.823. The van der Waals surface area contributed by atoms with Gasteiger partial charge in [-0.3, -0.25) is 0 Å². The number of nitrogens with two attached hydrogens (primary N) is 1. The minimum atomic E-state index is -0.220. The van der Waals surface area contributed by atoms with Gasteiger partial charge in [0.2, 0.25) is 0 Å². The van der Waals surface area contributed by atoms with Gasteiger partial charge in [-0.2, -0.15) is 0 Å². The summed E-state index contributed by atoms with van der Waals surface area (Å²) in [6.45, 7) is 2.05. The summed E-state index contributed by atoms with van der Waals surface area (Å²) < 4.78 is 0.741. The highest BCUT2D eigenvalue weighted by atomic mass is 79.9. The van der Waals surface area contributed by atoms with Crippen LogP contribution >= 0.6 is 15.9 Å². The van der Waals surface area contributed by atoms with E-state index >= 15 is 0 Å². The van der Waals surface area contributed by atoms with Gasteiger partial charge in [-0.1, -0.05) is 12.8 Å². The summed E-state index contributed by atoms with van der Waals surface area (Å²) in [5.41, 5.74) is 8.41. The SMILES string of the molecule is Cc1cc(Br)c(O)cc1C1(N)CCCC1. The second-order valence-corrected chi connectivity index (χ2v) is 5.34. The number of rotatable bonds is 1. The lowest BCUT2D eigenvalue weighted by Gasteiger charge is -2.26. The minimum Gasteiger partial charge on any atom is -0.507 e. The Bertz CT molecular complexity index is 383. The van der Waals surface area contributed by atoms with Gasteiger partial charge in [0.15, 0.2) is 0 Å². The number of hydrogen-bond donors (Lipinski definition) is 2. The van der Waals surface area contributed by atoms with E-state index in [0.29, 0.717) is 0 Å². The Morgan fingerprint density at radius 2 is 1.93 bits per heavy atom. The molecule has 1 aliphatic rings. The van der Waals surface area contributed by atoms with Crippen molar-refractivity contribution >= 4 is 15.9 Å². The van der Waals surface area contributed by atoms with Crippen LogP contribution in [0.5, 0.6) is 5.75 Å². The number of halogens is 1. The summed E-state index contributed by atoms with van der Waals surface area (Å²) in [5.74, 6) is 0.285. The first-order valence-electron chi connectivity index (χ1n) is 5.31. The van der Waals surface area contributed by atoms with Crippen LogP contribution in [-0.2, 0) is 5.54 Å². The Morgan fingerprint density at radius 1 is 1.33 bits per heavy atom. The number of phenols is 1. The fourth-order valence-electron chi connectivity index (χ4n) is 2.47. The van der Waals surface area contributed by atoms with Crippen LogP contribution in [0.15, 0.2) is 16.6 Å². The van der Waals surface area contributed by atoms with E-state index in [0.717, 1.165) is 28.4 Å². The van der Waals surface area contributed by atoms with E-state index in [4.69, 9.17) is 5.73 Å². The molecule has 1 aromatic rings. The van der Waals surface area contributed by atoms with Gasteiger partial charge in [0.1, 0.15) is 5.75 Å². The first-order valence-corrected chi connectivity index (χ1v) is 6.11. The van der Waals surface area contributed by atoms with E-state index in [2.05, 4.69) is 15.9 Å². The lowest BCUT2D eigenvalue weighted by atomic mass is 9.86. The second-order valence-electron chi connectivity index (χ2n) is 4.48. The van der Waals surface area contributed by atoms with Crippen molar-refractivity contribution < 1.29 is 5.11 Å². The van der Waals surface area contributed by atoms with E-state index < -0.39 is 0 Å². The first-order chi connectivity index (χ1) is 7.03.